The highest BCUT2D eigenvalue weighted by atomic mass is 35.5. The topological polar surface area (TPSA) is 27.3 Å². The number of likely N-dealkylation sites (tertiary alicyclic amines) is 1. The third-order valence-corrected chi connectivity index (χ3v) is 4.84. The van der Waals surface area contributed by atoms with Crippen molar-refractivity contribution in [3.63, 3.8) is 0 Å². The van der Waals surface area contributed by atoms with Gasteiger partial charge in [-0.05, 0) is 62.6 Å². The average molecular weight is 358 g/mol. The van der Waals surface area contributed by atoms with Gasteiger partial charge in [0.05, 0.1) is 5.02 Å². The molecule has 0 radical (unpaired) electrons. The van der Waals surface area contributed by atoms with Gasteiger partial charge in [-0.15, -0.1) is 0 Å². The second-order valence-electron chi connectivity index (χ2n) is 5.96. The van der Waals surface area contributed by atoms with Gasteiger partial charge in [-0.1, -0.05) is 24.9 Å². The molecule has 1 fully saturated rings. The molecular weight excluding hydrogens is 333 g/mol. The van der Waals surface area contributed by atoms with Gasteiger partial charge in [0.25, 0.3) is 0 Å². The summed E-state index contributed by atoms with van der Waals surface area (Å²) in [6, 6.07) is 5.23. The van der Waals surface area contributed by atoms with Crippen LogP contribution < -0.4 is 10.6 Å². The molecule has 0 aliphatic carbocycles. The zero-order chi connectivity index (χ0) is 16.7. The fourth-order valence-corrected chi connectivity index (χ4v) is 3.45. The number of hydrogen-bond donors (Lipinski definition) is 2. The minimum Gasteiger partial charge on any atom is -0.362 e. The number of nitrogens with zero attached hydrogens (tertiary/aromatic N) is 1. The Labute approximate surface area is 148 Å². The standard InChI is InChI=1S/C17H25ClFN3S/c1-2-14-6-3-4-10-22(14)11-5-9-20-17(23)21-13-7-8-16(19)15(18)12-13/h7-8,12,14H,2-6,9-11H2,1H3,(H2,20,21,23)/t14-/m0/s1. The molecular formula is C17H25ClFN3S. The minimum atomic E-state index is -0.428. The van der Waals surface area contributed by atoms with Crippen molar-refractivity contribution in [3.05, 3.63) is 29.0 Å². The lowest BCUT2D eigenvalue weighted by Gasteiger charge is -2.35. The van der Waals surface area contributed by atoms with Gasteiger partial charge in [0.1, 0.15) is 5.82 Å². The van der Waals surface area contributed by atoms with Crippen molar-refractivity contribution in [2.24, 2.45) is 0 Å². The zero-order valence-electron chi connectivity index (χ0n) is 13.6. The van der Waals surface area contributed by atoms with Crippen molar-refractivity contribution in [2.45, 2.75) is 45.1 Å². The number of thiocarbonyl (C=S) groups is 1. The summed E-state index contributed by atoms with van der Waals surface area (Å²) in [7, 11) is 0. The van der Waals surface area contributed by atoms with Crippen molar-refractivity contribution < 1.29 is 4.39 Å². The summed E-state index contributed by atoms with van der Waals surface area (Å²) in [6.07, 6.45) is 6.30. The normalized spacial score (nSPS) is 18.7. The van der Waals surface area contributed by atoms with E-state index in [0.29, 0.717) is 10.8 Å². The Hall–Kier alpha value is -0.910. The predicted octanol–water partition coefficient (Wildman–Crippen LogP) is 4.42. The monoisotopic (exact) mass is 357 g/mol. The van der Waals surface area contributed by atoms with E-state index in [4.69, 9.17) is 23.8 Å². The largest absolute Gasteiger partial charge is 0.362 e. The second-order valence-corrected chi connectivity index (χ2v) is 6.77. The first-order chi connectivity index (χ1) is 11.1. The maximum atomic E-state index is 13.1. The van der Waals surface area contributed by atoms with E-state index in [1.54, 1.807) is 6.07 Å². The van der Waals surface area contributed by atoms with Crippen LogP contribution in [-0.2, 0) is 0 Å². The third-order valence-electron chi connectivity index (χ3n) is 4.31. The molecule has 0 amide bonds. The van der Waals surface area contributed by atoms with Gasteiger partial charge in [-0.2, -0.15) is 0 Å². The summed E-state index contributed by atoms with van der Waals surface area (Å²) in [5.74, 6) is -0.428. The SMILES string of the molecule is CC[C@H]1CCCCN1CCCNC(=S)Nc1ccc(F)c(Cl)c1. The molecule has 1 aliphatic rings. The Morgan fingerprint density at radius 1 is 1.43 bits per heavy atom. The second kappa shape index (κ2) is 9.40. The zero-order valence-corrected chi connectivity index (χ0v) is 15.2. The fraction of sp³-hybridized carbons (Fsp3) is 0.588. The summed E-state index contributed by atoms with van der Waals surface area (Å²) in [6.45, 7) is 5.42. The van der Waals surface area contributed by atoms with Crippen LogP contribution in [0, 0.1) is 5.82 Å². The van der Waals surface area contributed by atoms with Gasteiger partial charge < -0.3 is 15.5 Å². The van der Waals surface area contributed by atoms with Crippen LogP contribution in [0.4, 0.5) is 10.1 Å². The molecule has 128 valence electrons. The molecule has 3 nitrogen and oxygen atoms in total. The van der Waals surface area contributed by atoms with E-state index < -0.39 is 5.82 Å². The lowest BCUT2D eigenvalue weighted by molar-refractivity contribution is 0.143. The Morgan fingerprint density at radius 3 is 3.00 bits per heavy atom. The van der Waals surface area contributed by atoms with Crippen LogP contribution in [0.5, 0.6) is 0 Å². The summed E-state index contributed by atoms with van der Waals surface area (Å²) < 4.78 is 13.1. The number of benzene rings is 1. The first-order valence-electron chi connectivity index (χ1n) is 8.34. The molecule has 23 heavy (non-hydrogen) atoms. The van der Waals surface area contributed by atoms with Crippen molar-refractivity contribution in [1.82, 2.24) is 10.2 Å². The molecule has 6 heteroatoms. The van der Waals surface area contributed by atoms with E-state index in [-0.39, 0.29) is 5.02 Å². The summed E-state index contributed by atoms with van der Waals surface area (Å²) >= 11 is 11.0. The Bertz CT molecular complexity index is 527. The van der Waals surface area contributed by atoms with E-state index in [0.717, 1.165) is 25.6 Å². The summed E-state index contributed by atoms with van der Waals surface area (Å²) in [5, 5.41) is 6.85. The van der Waals surface area contributed by atoms with Crippen molar-refractivity contribution >= 4 is 34.6 Å². The van der Waals surface area contributed by atoms with E-state index in [9.17, 15) is 4.39 Å². The number of halogens is 2. The molecule has 0 saturated carbocycles. The van der Waals surface area contributed by atoms with Crippen molar-refractivity contribution in [3.8, 4) is 0 Å². The Balaban J connectivity index is 1.67. The Kier molecular flexibility index (Phi) is 7.53. The van der Waals surface area contributed by atoms with Gasteiger partial charge in [-0.3, -0.25) is 0 Å². The van der Waals surface area contributed by atoms with Crippen LogP contribution in [0.15, 0.2) is 18.2 Å². The van der Waals surface area contributed by atoms with Gasteiger partial charge >= 0.3 is 0 Å². The highest BCUT2D eigenvalue weighted by Gasteiger charge is 2.19. The van der Waals surface area contributed by atoms with Crippen LogP contribution >= 0.6 is 23.8 Å². The van der Waals surface area contributed by atoms with E-state index in [1.807, 2.05) is 0 Å². The third kappa shape index (κ3) is 5.90. The number of anilines is 1. The predicted molar refractivity (Wildman–Crippen MR) is 99.8 cm³/mol. The maximum absolute atomic E-state index is 13.1. The number of hydrogen-bond acceptors (Lipinski definition) is 2. The lowest BCUT2D eigenvalue weighted by atomic mass is 10.00. The van der Waals surface area contributed by atoms with Gasteiger partial charge in [0.15, 0.2) is 5.11 Å². The van der Waals surface area contributed by atoms with Gasteiger partial charge in [0, 0.05) is 24.8 Å². The molecule has 0 aromatic heterocycles. The molecule has 2 rings (SSSR count). The maximum Gasteiger partial charge on any atom is 0.170 e. The Morgan fingerprint density at radius 2 is 2.26 bits per heavy atom. The molecule has 1 heterocycles. The number of nitrogens with one attached hydrogen (secondary N) is 2. The highest BCUT2D eigenvalue weighted by molar-refractivity contribution is 7.80. The van der Waals surface area contributed by atoms with Crippen molar-refractivity contribution in [1.29, 1.82) is 0 Å². The van der Waals surface area contributed by atoms with E-state index in [2.05, 4.69) is 22.5 Å². The minimum absolute atomic E-state index is 0.0912. The highest BCUT2D eigenvalue weighted by Crippen LogP contribution is 2.20. The van der Waals surface area contributed by atoms with Crippen LogP contribution in [0.2, 0.25) is 5.02 Å². The summed E-state index contributed by atoms with van der Waals surface area (Å²) in [4.78, 5) is 2.60. The molecule has 1 saturated heterocycles. The quantitative estimate of drug-likeness (QED) is 0.582. The molecule has 0 spiro atoms. The molecule has 2 N–H and O–H groups in total. The average Bonchev–Trinajstić information content (AvgIpc) is 2.55. The summed E-state index contributed by atoms with van der Waals surface area (Å²) in [5.41, 5.74) is 0.691. The molecule has 0 unspecified atom stereocenters. The molecule has 1 aromatic carbocycles. The lowest BCUT2D eigenvalue weighted by Crippen LogP contribution is -2.40. The van der Waals surface area contributed by atoms with E-state index >= 15 is 0 Å². The van der Waals surface area contributed by atoms with Crippen LogP contribution in [0.3, 0.4) is 0 Å². The van der Waals surface area contributed by atoms with Gasteiger partial charge in [-0.25, -0.2) is 4.39 Å². The molecule has 1 aromatic rings. The van der Waals surface area contributed by atoms with Crippen LogP contribution in [0.25, 0.3) is 0 Å². The molecule has 0 bridgehead atoms. The first-order valence-corrected chi connectivity index (χ1v) is 9.12. The van der Waals surface area contributed by atoms with E-state index in [1.165, 1.54) is 44.4 Å². The fourth-order valence-electron chi connectivity index (χ4n) is 3.05. The van der Waals surface area contributed by atoms with Crippen molar-refractivity contribution in [2.75, 3.05) is 25.0 Å². The van der Waals surface area contributed by atoms with Crippen LogP contribution in [-0.4, -0.2) is 35.7 Å². The molecule has 1 atom stereocenters. The van der Waals surface area contributed by atoms with Gasteiger partial charge in [0.2, 0.25) is 0 Å². The first kappa shape index (κ1) is 18.4. The van der Waals surface area contributed by atoms with Crippen LogP contribution in [0.1, 0.15) is 39.0 Å². The number of rotatable bonds is 6. The molecule has 1 aliphatic heterocycles. The smallest absolute Gasteiger partial charge is 0.170 e. The number of piperidine rings is 1.